The Bertz CT molecular complexity index is 114. The summed E-state index contributed by atoms with van der Waals surface area (Å²) in [4.78, 5) is 0. The molecule has 0 aromatic rings. The molecule has 1 radical (unpaired) electrons. The second-order valence-electron chi connectivity index (χ2n) is 3.00. The zero-order chi connectivity index (χ0) is 10.3. The Morgan fingerprint density at radius 1 is 0.923 bits per heavy atom. The highest BCUT2D eigenvalue weighted by molar-refractivity contribution is 6.36. The zero-order valence-electron chi connectivity index (χ0n) is 9.35. The summed E-state index contributed by atoms with van der Waals surface area (Å²) in [5.41, 5.74) is -0.0552. The third-order valence-electron chi connectivity index (χ3n) is 2.57. The average molecular weight is 205 g/mol. The van der Waals surface area contributed by atoms with E-state index in [0.29, 0.717) is 0 Å². The van der Waals surface area contributed by atoms with Gasteiger partial charge in [0.2, 0.25) is 0 Å². The Hall–Kier alpha value is 0.0969. The Kier molecular flexibility index (Phi) is 6.58. The third kappa shape index (κ3) is 3.77. The molecule has 0 amide bonds. The minimum atomic E-state index is -1.52. The number of hydrogen-bond donors (Lipinski definition) is 0. The van der Waals surface area contributed by atoms with Crippen LogP contribution < -0.4 is 0 Å². The Labute approximate surface area is 83.3 Å². The zero-order valence-corrected chi connectivity index (χ0v) is 10.3. The molecule has 0 unspecified atom stereocenters. The first-order chi connectivity index (χ1) is 6.17. The van der Waals surface area contributed by atoms with Crippen molar-refractivity contribution in [3.63, 3.8) is 0 Å². The topological polar surface area (TPSA) is 27.7 Å². The maximum atomic E-state index is 5.84. The number of hydrogen-bond acceptors (Lipinski definition) is 3. The van der Waals surface area contributed by atoms with Gasteiger partial charge >= 0.3 is 9.53 Å². The van der Waals surface area contributed by atoms with E-state index >= 15 is 0 Å². The molecule has 0 rings (SSSR count). The van der Waals surface area contributed by atoms with Crippen molar-refractivity contribution in [2.45, 2.75) is 45.6 Å². The molecule has 0 aromatic carbocycles. The fourth-order valence-corrected chi connectivity index (χ4v) is 2.43. The minimum absolute atomic E-state index is 0.0552. The Morgan fingerprint density at radius 2 is 1.31 bits per heavy atom. The van der Waals surface area contributed by atoms with Crippen LogP contribution in [0, 0.1) is 0 Å². The minimum Gasteiger partial charge on any atom is -0.375 e. The molecule has 79 valence electrons. The molecule has 0 aliphatic carbocycles. The lowest BCUT2D eigenvalue weighted by atomic mass is 9.95. The largest absolute Gasteiger partial charge is 0.577 e. The molecule has 4 heteroatoms. The van der Waals surface area contributed by atoms with E-state index in [1.807, 2.05) is 0 Å². The quantitative estimate of drug-likeness (QED) is 0.597. The van der Waals surface area contributed by atoms with Gasteiger partial charge in [-0.05, 0) is 19.3 Å². The fourth-order valence-electron chi connectivity index (χ4n) is 1.31. The van der Waals surface area contributed by atoms with Gasteiger partial charge in [-0.1, -0.05) is 20.8 Å². The molecule has 0 fully saturated rings. The second-order valence-corrected chi connectivity index (χ2v) is 4.52. The lowest BCUT2D eigenvalue weighted by Gasteiger charge is -2.32. The number of rotatable bonds is 7. The van der Waals surface area contributed by atoms with Crippen LogP contribution >= 0.6 is 0 Å². The van der Waals surface area contributed by atoms with Crippen LogP contribution in [0.4, 0.5) is 0 Å². The van der Waals surface area contributed by atoms with E-state index in [-0.39, 0.29) is 5.60 Å². The van der Waals surface area contributed by atoms with Crippen LogP contribution in [0.2, 0.25) is 0 Å². The summed E-state index contributed by atoms with van der Waals surface area (Å²) in [7, 11) is 1.74. The van der Waals surface area contributed by atoms with Gasteiger partial charge in [0.25, 0.3) is 0 Å². The highest BCUT2D eigenvalue weighted by Gasteiger charge is 2.31. The van der Waals surface area contributed by atoms with Crippen LogP contribution in [0.3, 0.4) is 0 Å². The summed E-state index contributed by atoms with van der Waals surface area (Å²) in [5.74, 6) is 0. The van der Waals surface area contributed by atoms with Crippen LogP contribution in [0.1, 0.15) is 40.0 Å². The van der Waals surface area contributed by atoms with Crippen LogP contribution in [0.15, 0.2) is 0 Å². The highest BCUT2D eigenvalue weighted by atomic mass is 28.3. The molecule has 0 bridgehead atoms. The Balaban J connectivity index is 4.21. The lowest BCUT2D eigenvalue weighted by Crippen LogP contribution is -2.39. The van der Waals surface area contributed by atoms with E-state index in [1.54, 1.807) is 14.2 Å². The van der Waals surface area contributed by atoms with Crippen LogP contribution in [-0.4, -0.2) is 29.3 Å². The smallest absolute Gasteiger partial charge is 0.375 e. The fraction of sp³-hybridized carbons (Fsp3) is 1.00. The van der Waals surface area contributed by atoms with Gasteiger partial charge in [0.15, 0.2) is 0 Å². The van der Waals surface area contributed by atoms with Crippen molar-refractivity contribution in [1.29, 1.82) is 0 Å². The molecule has 0 atom stereocenters. The Morgan fingerprint density at radius 3 is 1.54 bits per heavy atom. The molecule has 0 saturated carbocycles. The van der Waals surface area contributed by atoms with Gasteiger partial charge in [0.1, 0.15) is 0 Å². The molecule has 0 heterocycles. The van der Waals surface area contributed by atoms with E-state index in [0.717, 1.165) is 19.3 Å². The molecule has 0 N–H and O–H groups in total. The monoisotopic (exact) mass is 205 g/mol. The highest BCUT2D eigenvalue weighted by Crippen LogP contribution is 2.25. The molecule has 13 heavy (non-hydrogen) atoms. The molecular weight excluding hydrogens is 184 g/mol. The van der Waals surface area contributed by atoms with Crippen molar-refractivity contribution >= 4 is 9.53 Å². The van der Waals surface area contributed by atoms with Crippen molar-refractivity contribution in [2.24, 2.45) is 0 Å². The summed E-state index contributed by atoms with van der Waals surface area (Å²) in [6.07, 6.45) is 3.00. The van der Waals surface area contributed by atoms with Crippen molar-refractivity contribution in [3.05, 3.63) is 0 Å². The maximum Gasteiger partial charge on any atom is 0.577 e. The predicted molar refractivity (Wildman–Crippen MR) is 54.5 cm³/mol. The summed E-state index contributed by atoms with van der Waals surface area (Å²) in [6, 6.07) is 0. The van der Waals surface area contributed by atoms with Crippen molar-refractivity contribution in [3.8, 4) is 0 Å². The van der Waals surface area contributed by atoms with Crippen molar-refractivity contribution in [2.75, 3.05) is 14.2 Å². The normalized spacial score (nSPS) is 12.5. The van der Waals surface area contributed by atoms with Gasteiger partial charge in [-0.25, -0.2) is 0 Å². The summed E-state index contributed by atoms with van der Waals surface area (Å²) in [5, 5.41) is 0. The molecule has 0 aromatic heterocycles. The summed E-state index contributed by atoms with van der Waals surface area (Å²) < 4.78 is 16.1. The SMILES string of the molecule is CCC(CC)(CC)O[Si](OC)OC. The van der Waals surface area contributed by atoms with Crippen molar-refractivity contribution in [1.82, 2.24) is 0 Å². The standard InChI is InChI=1S/C9H21O3Si/c1-6-9(7-2,8-3)12-13(10-4)11-5/h6-8H2,1-5H3. The van der Waals surface area contributed by atoms with E-state index in [1.165, 1.54) is 0 Å². The molecule has 0 aliphatic rings. The van der Waals surface area contributed by atoms with E-state index in [9.17, 15) is 0 Å². The average Bonchev–Trinajstić information content (AvgIpc) is 2.21. The molecule has 0 saturated heterocycles. The van der Waals surface area contributed by atoms with Gasteiger partial charge in [-0.15, -0.1) is 0 Å². The third-order valence-corrected chi connectivity index (χ3v) is 3.83. The molecule has 0 spiro atoms. The molecular formula is C9H21O3Si. The first kappa shape index (κ1) is 13.1. The van der Waals surface area contributed by atoms with E-state index in [2.05, 4.69) is 20.8 Å². The van der Waals surface area contributed by atoms with E-state index in [4.69, 9.17) is 13.3 Å². The summed E-state index contributed by atoms with van der Waals surface area (Å²) in [6.45, 7) is 6.41. The summed E-state index contributed by atoms with van der Waals surface area (Å²) >= 11 is 0. The molecule has 3 nitrogen and oxygen atoms in total. The van der Waals surface area contributed by atoms with Crippen LogP contribution in [0.25, 0.3) is 0 Å². The van der Waals surface area contributed by atoms with Gasteiger partial charge in [-0.3, -0.25) is 0 Å². The molecule has 0 aliphatic heterocycles. The van der Waals surface area contributed by atoms with Crippen LogP contribution in [0.5, 0.6) is 0 Å². The first-order valence-electron chi connectivity index (χ1n) is 4.81. The van der Waals surface area contributed by atoms with Gasteiger partial charge in [-0.2, -0.15) is 0 Å². The lowest BCUT2D eigenvalue weighted by molar-refractivity contribution is -0.00490. The van der Waals surface area contributed by atoms with Gasteiger partial charge in [0.05, 0.1) is 5.60 Å². The first-order valence-corrected chi connectivity index (χ1v) is 6.04. The van der Waals surface area contributed by atoms with Gasteiger partial charge < -0.3 is 13.3 Å². The maximum absolute atomic E-state index is 5.84. The predicted octanol–water partition coefficient (Wildman–Crippen LogP) is 2.25. The van der Waals surface area contributed by atoms with Crippen LogP contribution in [-0.2, 0) is 13.3 Å². The second kappa shape index (κ2) is 6.54. The van der Waals surface area contributed by atoms with E-state index < -0.39 is 9.53 Å². The van der Waals surface area contributed by atoms with Crippen molar-refractivity contribution < 1.29 is 13.3 Å². The van der Waals surface area contributed by atoms with Gasteiger partial charge in [0, 0.05) is 14.2 Å².